The summed E-state index contributed by atoms with van der Waals surface area (Å²) in [5.41, 5.74) is 3.01. The zero-order valence-corrected chi connectivity index (χ0v) is 16.9. The lowest BCUT2D eigenvalue weighted by Crippen LogP contribution is -2.47. The molecule has 2 aliphatic heterocycles. The third-order valence-electron chi connectivity index (χ3n) is 6.71. The molecule has 0 saturated carbocycles. The Balaban J connectivity index is 1.29. The number of piperidine rings is 1. The van der Waals surface area contributed by atoms with E-state index in [1.54, 1.807) is 4.90 Å². The van der Waals surface area contributed by atoms with Gasteiger partial charge >= 0.3 is 0 Å². The minimum absolute atomic E-state index is 0.0976. The van der Waals surface area contributed by atoms with Crippen LogP contribution in [-0.2, 0) is 27.2 Å². The van der Waals surface area contributed by atoms with E-state index in [2.05, 4.69) is 29.2 Å². The van der Waals surface area contributed by atoms with Gasteiger partial charge in [0.2, 0.25) is 5.78 Å². The van der Waals surface area contributed by atoms with Crippen molar-refractivity contribution < 1.29 is 14.3 Å². The fraction of sp³-hybridized carbons (Fsp3) is 0.652. The molecule has 0 unspecified atom stereocenters. The maximum Gasteiger partial charge on any atom is 0.289 e. The molecule has 2 heterocycles. The van der Waals surface area contributed by atoms with Gasteiger partial charge in [0.15, 0.2) is 0 Å². The summed E-state index contributed by atoms with van der Waals surface area (Å²) >= 11 is 0. The number of hydrogen-bond acceptors (Lipinski definition) is 4. The van der Waals surface area contributed by atoms with Crippen molar-refractivity contribution in [2.24, 2.45) is 5.92 Å². The summed E-state index contributed by atoms with van der Waals surface area (Å²) in [6.07, 6.45) is 6.65. The molecule has 5 nitrogen and oxygen atoms in total. The highest BCUT2D eigenvalue weighted by molar-refractivity contribution is 6.35. The van der Waals surface area contributed by atoms with Crippen LogP contribution in [0.1, 0.15) is 43.7 Å². The minimum Gasteiger partial charge on any atom is -0.376 e. The molecule has 1 amide bonds. The van der Waals surface area contributed by atoms with Crippen LogP contribution in [0.25, 0.3) is 0 Å². The predicted molar refractivity (Wildman–Crippen MR) is 108 cm³/mol. The smallest absolute Gasteiger partial charge is 0.289 e. The number of fused-ring (bicyclic) bond motifs is 1. The molecular formula is C23H32N2O3. The van der Waals surface area contributed by atoms with Gasteiger partial charge in [-0.3, -0.25) is 14.5 Å². The lowest BCUT2D eigenvalue weighted by Gasteiger charge is -2.38. The first-order chi connectivity index (χ1) is 13.6. The van der Waals surface area contributed by atoms with Crippen LogP contribution in [-0.4, -0.2) is 66.4 Å². The number of rotatable bonds is 6. The SMILES string of the molecule is CC(=O)C(=O)N(CC1CCN(C2Cc3ccccc3C2)CC1)C[C@H]1CCCO1. The zero-order chi connectivity index (χ0) is 19.5. The summed E-state index contributed by atoms with van der Waals surface area (Å²) in [4.78, 5) is 28.5. The molecule has 5 heteroatoms. The van der Waals surface area contributed by atoms with Crippen molar-refractivity contribution in [3.63, 3.8) is 0 Å². The van der Waals surface area contributed by atoms with E-state index in [-0.39, 0.29) is 17.8 Å². The molecule has 152 valence electrons. The summed E-state index contributed by atoms with van der Waals surface area (Å²) in [6.45, 7) is 5.59. The molecule has 2 fully saturated rings. The minimum atomic E-state index is -0.362. The molecule has 28 heavy (non-hydrogen) atoms. The first-order valence-corrected chi connectivity index (χ1v) is 10.8. The van der Waals surface area contributed by atoms with E-state index < -0.39 is 0 Å². The molecule has 0 radical (unpaired) electrons. The number of likely N-dealkylation sites (tertiary alicyclic amines) is 1. The van der Waals surface area contributed by atoms with Gasteiger partial charge < -0.3 is 9.64 Å². The third kappa shape index (κ3) is 4.47. The van der Waals surface area contributed by atoms with Gasteiger partial charge in [-0.25, -0.2) is 0 Å². The average Bonchev–Trinajstić information content (AvgIpc) is 3.36. The summed E-state index contributed by atoms with van der Waals surface area (Å²) < 4.78 is 5.70. The quantitative estimate of drug-likeness (QED) is 0.707. The number of Topliss-reactive ketones (excluding diaryl/α,β-unsaturated/α-hetero) is 1. The van der Waals surface area contributed by atoms with Crippen molar-refractivity contribution >= 4 is 11.7 Å². The maximum atomic E-state index is 12.4. The molecule has 3 aliphatic rings. The normalized spacial score (nSPS) is 23.7. The number of ketones is 1. The largest absolute Gasteiger partial charge is 0.376 e. The molecule has 1 aliphatic carbocycles. The van der Waals surface area contributed by atoms with E-state index in [0.717, 1.165) is 58.2 Å². The van der Waals surface area contributed by atoms with Gasteiger partial charge in [0, 0.05) is 32.7 Å². The number of carbonyl (C=O) groups is 2. The number of ether oxygens (including phenoxy) is 1. The zero-order valence-electron chi connectivity index (χ0n) is 16.9. The van der Waals surface area contributed by atoms with E-state index in [1.807, 2.05) is 0 Å². The van der Waals surface area contributed by atoms with Crippen molar-refractivity contribution in [2.45, 2.75) is 57.6 Å². The molecule has 0 aromatic heterocycles. The van der Waals surface area contributed by atoms with Crippen LogP contribution in [0.3, 0.4) is 0 Å². The van der Waals surface area contributed by atoms with Gasteiger partial charge in [-0.15, -0.1) is 0 Å². The Morgan fingerprint density at radius 2 is 1.75 bits per heavy atom. The Hall–Kier alpha value is -1.72. The maximum absolute atomic E-state index is 12.4. The second kappa shape index (κ2) is 8.75. The third-order valence-corrected chi connectivity index (χ3v) is 6.71. The molecule has 1 aromatic carbocycles. The Morgan fingerprint density at radius 3 is 2.32 bits per heavy atom. The average molecular weight is 385 g/mol. The fourth-order valence-corrected chi connectivity index (χ4v) is 5.10. The van der Waals surface area contributed by atoms with Gasteiger partial charge in [0.05, 0.1) is 6.10 Å². The fourth-order valence-electron chi connectivity index (χ4n) is 5.10. The lowest BCUT2D eigenvalue weighted by molar-refractivity contribution is -0.145. The van der Waals surface area contributed by atoms with Gasteiger partial charge in [-0.2, -0.15) is 0 Å². The van der Waals surface area contributed by atoms with E-state index in [4.69, 9.17) is 4.74 Å². The molecule has 0 N–H and O–H groups in total. The number of amides is 1. The van der Waals surface area contributed by atoms with Crippen LogP contribution >= 0.6 is 0 Å². The summed E-state index contributed by atoms with van der Waals surface area (Å²) in [5.74, 6) is -0.229. The van der Waals surface area contributed by atoms with E-state index in [1.165, 1.54) is 18.1 Å². The number of carbonyl (C=O) groups excluding carboxylic acids is 2. The monoisotopic (exact) mass is 384 g/mol. The highest BCUT2D eigenvalue weighted by atomic mass is 16.5. The molecule has 0 spiro atoms. The first kappa shape index (κ1) is 19.6. The summed E-state index contributed by atoms with van der Waals surface area (Å²) in [7, 11) is 0. The first-order valence-electron chi connectivity index (χ1n) is 10.8. The van der Waals surface area contributed by atoms with Crippen molar-refractivity contribution in [2.75, 3.05) is 32.8 Å². The standard InChI is InChI=1S/C23H32N2O3/c1-17(26)23(27)25(16-22-7-4-12-28-22)15-18-8-10-24(11-9-18)21-13-19-5-2-3-6-20(19)14-21/h2-3,5-6,18,21-22H,4,7-16H2,1H3/t22-/m1/s1. The van der Waals surface area contributed by atoms with Crippen molar-refractivity contribution in [3.8, 4) is 0 Å². The molecular weight excluding hydrogens is 352 g/mol. The number of nitrogens with zero attached hydrogens (tertiary/aromatic N) is 2. The number of hydrogen-bond donors (Lipinski definition) is 0. The van der Waals surface area contributed by atoms with Crippen LogP contribution in [0.4, 0.5) is 0 Å². The highest BCUT2D eigenvalue weighted by Gasteiger charge is 2.32. The van der Waals surface area contributed by atoms with Crippen LogP contribution in [0.5, 0.6) is 0 Å². The summed E-state index contributed by atoms with van der Waals surface area (Å²) in [5, 5.41) is 0. The second-order valence-electron chi connectivity index (χ2n) is 8.71. The molecule has 4 rings (SSSR count). The van der Waals surface area contributed by atoms with Gasteiger partial charge in [0.1, 0.15) is 0 Å². The van der Waals surface area contributed by atoms with Crippen molar-refractivity contribution in [1.82, 2.24) is 9.80 Å². The van der Waals surface area contributed by atoms with E-state index in [9.17, 15) is 9.59 Å². The molecule has 1 aromatic rings. The second-order valence-corrected chi connectivity index (χ2v) is 8.71. The Bertz CT molecular complexity index is 681. The van der Waals surface area contributed by atoms with E-state index >= 15 is 0 Å². The topological polar surface area (TPSA) is 49.9 Å². The molecule has 0 bridgehead atoms. The predicted octanol–water partition coefficient (Wildman–Crippen LogP) is 2.46. The van der Waals surface area contributed by atoms with Gasteiger partial charge in [-0.05, 0) is 68.7 Å². The molecule has 2 saturated heterocycles. The van der Waals surface area contributed by atoms with Gasteiger partial charge in [0.25, 0.3) is 5.91 Å². The van der Waals surface area contributed by atoms with Crippen LogP contribution < -0.4 is 0 Å². The Kier molecular flexibility index (Phi) is 6.12. The van der Waals surface area contributed by atoms with Crippen LogP contribution in [0.15, 0.2) is 24.3 Å². The van der Waals surface area contributed by atoms with Crippen molar-refractivity contribution in [3.05, 3.63) is 35.4 Å². The number of benzene rings is 1. The Morgan fingerprint density at radius 1 is 1.07 bits per heavy atom. The van der Waals surface area contributed by atoms with Crippen molar-refractivity contribution in [1.29, 1.82) is 0 Å². The highest BCUT2D eigenvalue weighted by Crippen LogP contribution is 2.29. The van der Waals surface area contributed by atoms with Crippen LogP contribution in [0, 0.1) is 5.92 Å². The summed E-state index contributed by atoms with van der Waals surface area (Å²) in [6, 6.07) is 9.43. The molecule has 1 atom stereocenters. The van der Waals surface area contributed by atoms with Crippen LogP contribution in [0.2, 0.25) is 0 Å². The Labute approximate surface area is 168 Å². The van der Waals surface area contributed by atoms with E-state index in [0.29, 0.717) is 25.0 Å². The lowest BCUT2D eigenvalue weighted by atomic mass is 9.94. The van der Waals surface area contributed by atoms with Gasteiger partial charge in [-0.1, -0.05) is 24.3 Å².